The van der Waals surface area contributed by atoms with E-state index in [1.165, 1.54) is 0 Å². The maximum atomic E-state index is 11.8. The molecule has 0 amide bonds. The average Bonchev–Trinajstić information content (AvgIpc) is 2.65. The zero-order chi connectivity index (χ0) is 13.3. The van der Waals surface area contributed by atoms with E-state index < -0.39 is 9.84 Å². The van der Waals surface area contributed by atoms with E-state index >= 15 is 0 Å². The molecule has 1 aromatic heterocycles. The summed E-state index contributed by atoms with van der Waals surface area (Å²) < 4.78 is 25.7. The number of aromatic nitrogens is 1. The Balaban J connectivity index is 2.60. The maximum Gasteiger partial charge on any atom is 0.155 e. The molecule has 0 unspecified atom stereocenters. The van der Waals surface area contributed by atoms with Crippen LogP contribution >= 0.6 is 0 Å². The van der Waals surface area contributed by atoms with Crippen molar-refractivity contribution in [3.8, 4) is 0 Å². The summed E-state index contributed by atoms with van der Waals surface area (Å²) in [4.78, 5) is 0. The van der Waals surface area contributed by atoms with Gasteiger partial charge in [0.15, 0.2) is 9.84 Å². The van der Waals surface area contributed by atoms with E-state index in [9.17, 15) is 8.42 Å². The van der Waals surface area contributed by atoms with Gasteiger partial charge in [-0.1, -0.05) is 25.1 Å². The molecule has 0 radical (unpaired) electrons. The largest absolute Gasteiger partial charge is 0.341 e. The van der Waals surface area contributed by atoms with Crippen LogP contribution in [0.15, 0.2) is 30.3 Å². The summed E-state index contributed by atoms with van der Waals surface area (Å²) in [5.41, 5.74) is 1.99. The van der Waals surface area contributed by atoms with Gasteiger partial charge in [0.2, 0.25) is 0 Å². The molecule has 0 spiro atoms. The maximum absolute atomic E-state index is 11.8. The van der Waals surface area contributed by atoms with Crippen molar-refractivity contribution in [1.29, 1.82) is 0 Å². The highest BCUT2D eigenvalue weighted by atomic mass is 32.2. The van der Waals surface area contributed by atoms with Gasteiger partial charge in [0, 0.05) is 23.0 Å². The molecule has 18 heavy (non-hydrogen) atoms. The fraction of sp³-hybridized carbons (Fsp3) is 0.429. The van der Waals surface area contributed by atoms with Crippen LogP contribution in [0.5, 0.6) is 0 Å². The molecular formula is C14H19NO2S. The summed E-state index contributed by atoms with van der Waals surface area (Å²) in [6, 6.07) is 10.3. The van der Waals surface area contributed by atoms with E-state index in [0.717, 1.165) is 16.6 Å². The Bertz CT molecular complexity index is 653. The zero-order valence-electron chi connectivity index (χ0n) is 11.1. The molecule has 0 atom stereocenters. The topological polar surface area (TPSA) is 39.1 Å². The third-order valence-electron chi connectivity index (χ3n) is 3.15. The second-order valence-corrected chi connectivity index (χ2v) is 7.19. The molecule has 0 aliphatic rings. The van der Waals surface area contributed by atoms with Gasteiger partial charge >= 0.3 is 0 Å². The van der Waals surface area contributed by atoms with Crippen molar-refractivity contribution in [2.24, 2.45) is 0 Å². The Labute approximate surface area is 108 Å². The van der Waals surface area contributed by atoms with Crippen LogP contribution in [0.25, 0.3) is 10.9 Å². The van der Waals surface area contributed by atoms with Crippen LogP contribution in [0.2, 0.25) is 0 Å². The van der Waals surface area contributed by atoms with Gasteiger partial charge in [-0.05, 0) is 31.4 Å². The highest BCUT2D eigenvalue weighted by Gasteiger charge is 2.16. The number of hydrogen-bond acceptors (Lipinski definition) is 2. The molecule has 0 aliphatic heterocycles. The Morgan fingerprint density at radius 1 is 1.22 bits per heavy atom. The molecular weight excluding hydrogens is 246 g/mol. The van der Waals surface area contributed by atoms with Gasteiger partial charge in [0.1, 0.15) is 0 Å². The van der Waals surface area contributed by atoms with Gasteiger partial charge in [-0.3, -0.25) is 0 Å². The summed E-state index contributed by atoms with van der Waals surface area (Å²) in [5.74, 6) is 0.309. The first kappa shape index (κ1) is 13.1. The van der Waals surface area contributed by atoms with Crippen molar-refractivity contribution in [2.75, 3.05) is 5.75 Å². The van der Waals surface area contributed by atoms with Crippen molar-refractivity contribution < 1.29 is 8.42 Å². The van der Waals surface area contributed by atoms with Gasteiger partial charge in [0.05, 0.1) is 5.75 Å². The lowest BCUT2D eigenvalue weighted by Crippen LogP contribution is -2.12. The van der Waals surface area contributed by atoms with Gasteiger partial charge in [-0.2, -0.15) is 0 Å². The summed E-state index contributed by atoms with van der Waals surface area (Å²) in [6.07, 6.45) is 0. The minimum Gasteiger partial charge on any atom is -0.341 e. The van der Waals surface area contributed by atoms with Crippen LogP contribution in [0.3, 0.4) is 0 Å². The van der Waals surface area contributed by atoms with Crippen molar-refractivity contribution >= 4 is 20.7 Å². The number of rotatable bonds is 4. The first-order chi connectivity index (χ1) is 8.44. The zero-order valence-corrected chi connectivity index (χ0v) is 11.9. The van der Waals surface area contributed by atoms with Crippen LogP contribution in [-0.2, 0) is 15.6 Å². The molecule has 0 bridgehead atoms. The van der Waals surface area contributed by atoms with E-state index in [2.05, 4.69) is 18.4 Å². The summed E-state index contributed by atoms with van der Waals surface area (Å²) >= 11 is 0. The van der Waals surface area contributed by atoms with Crippen molar-refractivity contribution in [3.05, 3.63) is 36.0 Å². The van der Waals surface area contributed by atoms with Crippen LogP contribution < -0.4 is 0 Å². The predicted molar refractivity (Wildman–Crippen MR) is 75.5 cm³/mol. The number of benzene rings is 1. The Hall–Kier alpha value is -1.29. The summed E-state index contributed by atoms with van der Waals surface area (Å²) in [6.45, 7) is 5.85. The monoisotopic (exact) mass is 265 g/mol. The van der Waals surface area contributed by atoms with Crippen molar-refractivity contribution in [3.63, 3.8) is 0 Å². The van der Waals surface area contributed by atoms with Crippen LogP contribution in [0, 0.1) is 0 Å². The fourth-order valence-corrected chi connectivity index (χ4v) is 3.16. The standard InChI is InChI=1S/C14H19NO2S/c1-4-18(16,17)10-13-9-12-7-5-6-8-14(12)15(13)11(2)3/h5-9,11H,4,10H2,1-3H3. The number of sulfone groups is 1. The van der Waals surface area contributed by atoms with E-state index in [1.54, 1.807) is 6.92 Å². The van der Waals surface area contributed by atoms with Crippen molar-refractivity contribution in [2.45, 2.75) is 32.6 Å². The Kier molecular flexibility index (Phi) is 3.48. The Morgan fingerprint density at radius 2 is 1.89 bits per heavy atom. The van der Waals surface area contributed by atoms with E-state index in [4.69, 9.17) is 0 Å². The fourth-order valence-electron chi connectivity index (χ4n) is 2.28. The van der Waals surface area contributed by atoms with Crippen LogP contribution in [0.1, 0.15) is 32.5 Å². The molecule has 0 aliphatic carbocycles. The first-order valence-electron chi connectivity index (χ1n) is 6.24. The summed E-state index contributed by atoms with van der Waals surface area (Å²) in [7, 11) is -3.00. The second kappa shape index (κ2) is 4.76. The van der Waals surface area contributed by atoms with Crippen LogP contribution in [-0.4, -0.2) is 18.7 Å². The number of fused-ring (bicyclic) bond motifs is 1. The molecule has 0 fully saturated rings. The third-order valence-corrected chi connectivity index (χ3v) is 4.77. The van der Waals surface area contributed by atoms with Crippen LogP contribution in [0.4, 0.5) is 0 Å². The van der Waals surface area contributed by atoms with Gasteiger partial charge in [-0.15, -0.1) is 0 Å². The van der Waals surface area contributed by atoms with E-state index in [1.807, 2.05) is 30.3 Å². The molecule has 1 heterocycles. The molecule has 3 nitrogen and oxygen atoms in total. The molecule has 2 rings (SSSR count). The van der Waals surface area contributed by atoms with E-state index in [-0.39, 0.29) is 17.5 Å². The molecule has 2 aromatic rings. The molecule has 1 aromatic carbocycles. The number of nitrogens with zero attached hydrogens (tertiary/aromatic N) is 1. The molecule has 0 saturated heterocycles. The quantitative estimate of drug-likeness (QED) is 0.851. The smallest absolute Gasteiger partial charge is 0.155 e. The predicted octanol–water partition coefficient (Wildman–Crippen LogP) is 3.16. The second-order valence-electron chi connectivity index (χ2n) is 4.83. The number of para-hydroxylation sites is 1. The van der Waals surface area contributed by atoms with E-state index in [0.29, 0.717) is 0 Å². The van der Waals surface area contributed by atoms with Crippen molar-refractivity contribution in [1.82, 2.24) is 4.57 Å². The molecule has 98 valence electrons. The lowest BCUT2D eigenvalue weighted by atomic mass is 10.2. The Morgan fingerprint density at radius 3 is 2.50 bits per heavy atom. The number of hydrogen-bond donors (Lipinski definition) is 0. The van der Waals surface area contributed by atoms with Gasteiger partial charge in [-0.25, -0.2) is 8.42 Å². The molecule has 0 N–H and O–H groups in total. The van der Waals surface area contributed by atoms with Gasteiger partial charge in [0.25, 0.3) is 0 Å². The highest BCUT2D eigenvalue weighted by molar-refractivity contribution is 7.90. The molecule has 0 saturated carbocycles. The summed E-state index contributed by atoms with van der Waals surface area (Å²) in [5, 5.41) is 1.10. The van der Waals surface area contributed by atoms with Gasteiger partial charge < -0.3 is 4.57 Å². The highest BCUT2D eigenvalue weighted by Crippen LogP contribution is 2.25. The average molecular weight is 265 g/mol. The molecule has 4 heteroatoms. The minimum absolute atomic E-state index is 0.121. The third kappa shape index (κ3) is 2.43. The lowest BCUT2D eigenvalue weighted by molar-refractivity contribution is 0.582. The normalized spacial score (nSPS) is 12.4. The minimum atomic E-state index is -3.00. The SMILES string of the molecule is CCS(=O)(=O)Cc1cc2ccccc2n1C(C)C. The lowest BCUT2D eigenvalue weighted by Gasteiger charge is -2.14. The first-order valence-corrected chi connectivity index (χ1v) is 8.06.